The lowest BCUT2D eigenvalue weighted by Crippen LogP contribution is -2.39. The van der Waals surface area contributed by atoms with Crippen molar-refractivity contribution >= 4 is 40.7 Å². The normalized spacial score (nSPS) is 21.8. The van der Waals surface area contributed by atoms with Crippen molar-refractivity contribution in [3.63, 3.8) is 0 Å². The summed E-state index contributed by atoms with van der Waals surface area (Å²) in [5.74, 6) is -3.03. The van der Waals surface area contributed by atoms with E-state index in [1.54, 1.807) is 12.3 Å². The van der Waals surface area contributed by atoms with Gasteiger partial charge in [-0.1, -0.05) is 17.7 Å². The Labute approximate surface area is 218 Å². The Kier molecular flexibility index (Phi) is 9.26. The van der Waals surface area contributed by atoms with Gasteiger partial charge in [-0.2, -0.15) is 13.2 Å². The standard InChI is InChI=1S/C21H22ClFN4O2S.C2HF3O2/c1-29-21(28)16-17(11-2-5-13(24)6-3-11)26-19(20-25-8-9-30-20)27-18(16)14-7-4-12(23)10-15(14)22;3-2(4,5)1(6)7/h4,7-11,13,18H,2-3,5-6,24H2,1H3,(H,26,27);(H,6,7)/t11-,13-,18?;. The van der Waals surface area contributed by atoms with E-state index >= 15 is 0 Å². The van der Waals surface area contributed by atoms with Crippen molar-refractivity contribution in [1.82, 2.24) is 10.3 Å². The van der Waals surface area contributed by atoms with Gasteiger partial charge in [0.15, 0.2) is 10.8 Å². The molecule has 4 rings (SSSR count). The zero-order valence-corrected chi connectivity index (χ0v) is 21.0. The van der Waals surface area contributed by atoms with Gasteiger partial charge in [-0.15, -0.1) is 11.3 Å². The lowest BCUT2D eigenvalue weighted by Gasteiger charge is -2.34. The number of carboxylic acids is 1. The lowest BCUT2D eigenvalue weighted by molar-refractivity contribution is -0.192. The summed E-state index contributed by atoms with van der Waals surface area (Å²) in [7, 11) is 1.34. The number of nitrogens with zero attached hydrogens (tertiary/aromatic N) is 2. The minimum Gasteiger partial charge on any atom is -0.475 e. The van der Waals surface area contributed by atoms with Gasteiger partial charge >= 0.3 is 18.1 Å². The fourth-order valence-electron chi connectivity index (χ4n) is 4.03. The molecule has 0 saturated heterocycles. The Morgan fingerprint density at radius 1 is 1.24 bits per heavy atom. The van der Waals surface area contributed by atoms with Crippen LogP contribution in [0.3, 0.4) is 0 Å². The van der Waals surface area contributed by atoms with Crippen molar-refractivity contribution in [2.45, 2.75) is 43.9 Å². The van der Waals surface area contributed by atoms with Crippen LogP contribution in [0, 0.1) is 11.7 Å². The Morgan fingerprint density at radius 3 is 2.41 bits per heavy atom. The number of thiazole rings is 1. The third-order valence-corrected chi connectivity index (χ3v) is 6.90. The molecule has 2 aliphatic rings. The van der Waals surface area contributed by atoms with Crippen LogP contribution in [0.4, 0.5) is 17.6 Å². The topological polar surface area (TPSA) is 127 Å². The molecule has 1 aromatic carbocycles. The number of ether oxygens (including phenoxy) is 1. The van der Waals surface area contributed by atoms with Crippen molar-refractivity contribution in [2.75, 3.05) is 7.11 Å². The number of benzene rings is 1. The number of halogens is 5. The molecule has 1 unspecified atom stereocenters. The number of hydrogen-bond donors (Lipinski definition) is 3. The number of carbonyl (C=O) groups excluding carboxylic acids is 1. The second-order valence-corrected chi connectivity index (χ2v) is 9.54. The Hall–Kier alpha value is -3.03. The van der Waals surface area contributed by atoms with Crippen LogP contribution in [0.25, 0.3) is 0 Å². The predicted molar refractivity (Wildman–Crippen MR) is 129 cm³/mol. The molecule has 0 radical (unpaired) electrons. The van der Waals surface area contributed by atoms with Gasteiger partial charge < -0.3 is 20.9 Å². The number of aliphatic imine (C=N–C) groups is 1. The Balaban J connectivity index is 0.000000479. The average Bonchev–Trinajstić information content (AvgIpc) is 3.38. The zero-order valence-electron chi connectivity index (χ0n) is 19.4. The van der Waals surface area contributed by atoms with Gasteiger partial charge in [-0.25, -0.2) is 19.0 Å². The van der Waals surface area contributed by atoms with E-state index in [2.05, 4.69) is 10.3 Å². The molecule has 1 aromatic heterocycles. The number of aliphatic carboxylic acids is 1. The fraction of sp³-hybridized carbons (Fsp3) is 0.391. The molecule has 14 heteroatoms. The minimum absolute atomic E-state index is 0.103. The van der Waals surface area contributed by atoms with Gasteiger partial charge in [0.05, 0.1) is 12.7 Å². The number of hydrogen-bond acceptors (Lipinski definition) is 8. The summed E-state index contributed by atoms with van der Waals surface area (Å²) in [6.07, 6.45) is 0.0486. The van der Waals surface area contributed by atoms with Crippen molar-refractivity contribution in [3.8, 4) is 0 Å². The number of amidine groups is 1. The molecular weight excluding hydrogens is 540 g/mol. The number of aromatic nitrogens is 1. The first-order chi connectivity index (χ1) is 17.4. The third kappa shape index (κ3) is 7.05. The summed E-state index contributed by atoms with van der Waals surface area (Å²) >= 11 is 7.81. The second-order valence-electron chi connectivity index (χ2n) is 8.24. The highest BCUT2D eigenvalue weighted by Crippen LogP contribution is 2.40. The molecule has 0 bridgehead atoms. The van der Waals surface area contributed by atoms with Crippen LogP contribution in [-0.4, -0.2) is 47.2 Å². The molecule has 200 valence electrons. The number of methoxy groups -OCH3 is 1. The number of allylic oxidation sites excluding steroid dienone is 1. The average molecular weight is 563 g/mol. The first-order valence-corrected chi connectivity index (χ1v) is 12.3. The van der Waals surface area contributed by atoms with Crippen LogP contribution in [0.5, 0.6) is 0 Å². The number of esters is 1. The van der Waals surface area contributed by atoms with E-state index in [4.69, 9.17) is 37.0 Å². The molecule has 2 aromatic rings. The monoisotopic (exact) mass is 562 g/mol. The maximum atomic E-state index is 13.7. The molecule has 4 N–H and O–H groups in total. The SMILES string of the molecule is COC(=O)C1=C([C@H]2CC[C@H](N)CC2)NC(c2nccs2)=NC1c1ccc(F)cc1Cl.O=C(O)C(F)(F)F. The van der Waals surface area contributed by atoms with Crippen LogP contribution in [0.1, 0.15) is 42.3 Å². The second kappa shape index (κ2) is 12.0. The largest absolute Gasteiger partial charge is 0.490 e. The van der Waals surface area contributed by atoms with Crippen LogP contribution in [-0.2, 0) is 14.3 Å². The van der Waals surface area contributed by atoms with E-state index in [-0.39, 0.29) is 17.0 Å². The molecule has 2 heterocycles. The first kappa shape index (κ1) is 28.5. The molecule has 0 amide bonds. The number of rotatable bonds is 4. The minimum atomic E-state index is -5.08. The first-order valence-electron chi connectivity index (χ1n) is 11.0. The maximum Gasteiger partial charge on any atom is 0.490 e. The van der Waals surface area contributed by atoms with Crippen LogP contribution < -0.4 is 11.1 Å². The summed E-state index contributed by atoms with van der Waals surface area (Å²) < 4.78 is 50.5. The molecule has 1 aliphatic carbocycles. The van der Waals surface area contributed by atoms with Crippen molar-refractivity contribution in [3.05, 3.63) is 62.5 Å². The quantitative estimate of drug-likeness (QED) is 0.367. The summed E-state index contributed by atoms with van der Waals surface area (Å²) in [6.45, 7) is 0. The van der Waals surface area contributed by atoms with Crippen molar-refractivity contribution < 1.29 is 37.0 Å². The number of alkyl halides is 3. The van der Waals surface area contributed by atoms with Gasteiger partial charge in [0, 0.05) is 33.9 Å². The highest BCUT2D eigenvalue weighted by molar-refractivity contribution is 7.11. The highest BCUT2D eigenvalue weighted by atomic mass is 35.5. The van der Waals surface area contributed by atoms with E-state index in [1.165, 1.54) is 30.6 Å². The molecule has 37 heavy (non-hydrogen) atoms. The molecule has 1 atom stereocenters. The summed E-state index contributed by atoms with van der Waals surface area (Å²) in [5.41, 5.74) is 7.79. The van der Waals surface area contributed by atoms with E-state index < -0.39 is 30.0 Å². The molecule has 8 nitrogen and oxygen atoms in total. The number of nitrogens with one attached hydrogen (secondary N) is 1. The van der Waals surface area contributed by atoms with Gasteiger partial charge in [-0.3, -0.25) is 4.99 Å². The van der Waals surface area contributed by atoms with E-state index in [9.17, 15) is 22.4 Å². The number of nitrogens with two attached hydrogens (primary N) is 1. The van der Waals surface area contributed by atoms with Gasteiger partial charge in [0.2, 0.25) is 0 Å². The summed E-state index contributed by atoms with van der Waals surface area (Å²) in [5, 5.41) is 13.2. The van der Waals surface area contributed by atoms with Crippen LogP contribution in [0.15, 0.2) is 46.0 Å². The van der Waals surface area contributed by atoms with Crippen molar-refractivity contribution in [2.24, 2.45) is 16.6 Å². The summed E-state index contributed by atoms with van der Waals surface area (Å²) in [6, 6.07) is 3.55. The fourth-order valence-corrected chi connectivity index (χ4v) is 4.89. The predicted octanol–water partition coefficient (Wildman–Crippen LogP) is 4.60. The summed E-state index contributed by atoms with van der Waals surface area (Å²) in [4.78, 5) is 30.9. The third-order valence-electron chi connectivity index (χ3n) is 5.79. The maximum absolute atomic E-state index is 13.7. The Morgan fingerprint density at radius 2 is 1.89 bits per heavy atom. The molecule has 1 fully saturated rings. The molecule has 1 saturated carbocycles. The van der Waals surface area contributed by atoms with Crippen LogP contribution >= 0.6 is 22.9 Å². The van der Waals surface area contributed by atoms with Crippen molar-refractivity contribution in [1.29, 1.82) is 0 Å². The molecular formula is C23H23ClF4N4O4S. The zero-order chi connectivity index (χ0) is 27.3. The van der Waals surface area contributed by atoms with Gasteiger partial charge in [0.25, 0.3) is 0 Å². The molecule has 1 aliphatic heterocycles. The Bertz CT molecular complexity index is 1200. The van der Waals surface area contributed by atoms with Gasteiger partial charge in [-0.05, 0) is 43.7 Å². The van der Waals surface area contributed by atoms with Gasteiger partial charge in [0.1, 0.15) is 11.9 Å². The highest BCUT2D eigenvalue weighted by Gasteiger charge is 2.38. The van der Waals surface area contributed by atoms with Crippen LogP contribution in [0.2, 0.25) is 5.02 Å². The van der Waals surface area contributed by atoms with E-state index in [0.29, 0.717) is 22.0 Å². The van der Waals surface area contributed by atoms with E-state index in [0.717, 1.165) is 31.4 Å². The van der Waals surface area contributed by atoms with E-state index in [1.807, 2.05) is 5.38 Å². The smallest absolute Gasteiger partial charge is 0.475 e. The molecule has 0 spiro atoms. The lowest BCUT2D eigenvalue weighted by atomic mass is 9.80. The number of carbonyl (C=O) groups is 2. The number of carboxylic acid groups (broad SMARTS) is 1.